The summed E-state index contributed by atoms with van der Waals surface area (Å²) in [5.74, 6) is 5.72. The number of rotatable bonds is 2. The van der Waals surface area contributed by atoms with Gasteiger partial charge in [0.15, 0.2) is 0 Å². The van der Waals surface area contributed by atoms with Crippen molar-refractivity contribution in [1.29, 1.82) is 0 Å². The van der Waals surface area contributed by atoms with Gasteiger partial charge in [0.1, 0.15) is 0 Å². The standard InChI is InChI=1S/C8H12O/c1-2-3-4-5-6-7-8-9/h5-6,9H,2,7-8H2,1H3/b6-5+. The third kappa shape index (κ3) is 7.26. The Bertz CT molecular complexity index is 125. The minimum Gasteiger partial charge on any atom is -0.396 e. The lowest BCUT2D eigenvalue weighted by Crippen LogP contribution is -1.73. The van der Waals surface area contributed by atoms with E-state index in [0.29, 0.717) is 6.42 Å². The van der Waals surface area contributed by atoms with E-state index in [0.717, 1.165) is 6.42 Å². The SMILES string of the molecule is CCC#C/C=C/CCO. The molecule has 0 fully saturated rings. The summed E-state index contributed by atoms with van der Waals surface area (Å²) in [6, 6.07) is 0. The van der Waals surface area contributed by atoms with E-state index in [1.807, 2.05) is 13.0 Å². The van der Waals surface area contributed by atoms with Gasteiger partial charge < -0.3 is 5.11 Å². The monoisotopic (exact) mass is 124 g/mol. The average Bonchev–Trinajstić information content (AvgIpc) is 1.89. The number of aliphatic hydroxyl groups is 1. The van der Waals surface area contributed by atoms with E-state index in [2.05, 4.69) is 11.8 Å². The number of hydrogen-bond acceptors (Lipinski definition) is 1. The van der Waals surface area contributed by atoms with E-state index in [1.165, 1.54) is 0 Å². The summed E-state index contributed by atoms with van der Waals surface area (Å²) in [4.78, 5) is 0. The Morgan fingerprint density at radius 3 is 2.89 bits per heavy atom. The van der Waals surface area contributed by atoms with Crippen molar-refractivity contribution < 1.29 is 5.11 Å². The first-order chi connectivity index (χ1) is 4.41. The Hall–Kier alpha value is -0.740. The van der Waals surface area contributed by atoms with Crippen molar-refractivity contribution in [3.63, 3.8) is 0 Å². The molecule has 0 unspecified atom stereocenters. The van der Waals surface area contributed by atoms with Crippen molar-refractivity contribution in [3.05, 3.63) is 12.2 Å². The molecule has 0 rings (SSSR count). The van der Waals surface area contributed by atoms with E-state index in [4.69, 9.17) is 5.11 Å². The summed E-state index contributed by atoms with van der Waals surface area (Å²) < 4.78 is 0. The fraction of sp³-hybridized carbons (Fsp3) is 0.500. The molecular weight excluding hydrogens is 112 g/mol. The molecule has 1 N–H and O–H groups in total. The van der Waals surface area contributed by atoms with Crippen LogP contribution in [0.1, 0.15) is 19.8 Å². The van der Waals surface area contributed by atoms with Crippen LogP contribution in [0.3, 0.4) is 0 Å². The molecule has 50 valence electrons. The molecule has 0 atom stereocenters. The number of aliphatic hydroxyl groups excluding tert-OH is 1. The molecule has 1 nitrogen and oxygen atoms in total. The topological polar surface area (TPSA) is 20.2 Å². The zero-order valence-electron chi connectivity index (χ0n) is 5.72. The maximum Gasteiger partial charge on any atom is 0.0465 e. The van der Waals surface area contributed by atoms with Gasteiger partial charge in [-0.25, -0.2) is 0 Å². The number of allylic oxidation sites excluding steroid dienone is 1. The molecule has 0 aromatic rings. The van der Waals surface area contributed by atoms with Gasteiger partial charge in [-0.1, -0.05) is 24.8 Å². The molecule has 0 aliphatic heterocycles. The second-order valence-corrected chi connectivity index (χ2v) is 1.59. The van der Waals surface area contributed by atoms with Gasteiger partial charge in [-0.15, -0.1) is 0 Å². The minimum atomic E-state index is 0.213. The van der Waals surface area contributed by atoms with Gasteiger partial charge in [-0.05, 0) is 12.5 Å². The van der Waals surface area contributed by atoms with Crippen LogP contribution in [-0.4, -0.2) is 11.7 Å². The molecule has 0 heterocycles. The van der Waals surface area contributed by atoms with Gasteiger partial charge in [0.2, 0.25) is 0 Å². The molecule has 0 saturated carbocycles. The molecule has 0 aliphatic carbocycles. The smallest absolute Gasteiger partial charge is 0.0465 e. The molecule has 0 spiro atoms. The van der Waals surface area contributed by atoms with E-state index in [1.54, 1.807) is 6.08 Å². The van der Waals surface area contributed by atoms with Crippen LogP contribution in [0.25, 0.3) is 0 Å². The lowest BCUT2D eigenvalue weighted by atomic mass is 10.4. The molecule has 9 heavy (non-hydrogen) atoms. The fourth-order valence-corrected chi connectivity index (χ4v) is 0.378. The van der Waals surface area contributed by atoms with Gasteiger partial charge in [0, 0.05) is 13.0 Å². The second-order valence-electron chi connectivity index (χ2n) is 1.59. The molecule has 0 aliphatic rings. The van der Waals surface area contributed by atoms with Crippen LogP contribution < -0.4 is 0 Å². The van der Waals surface area contributed by atoms with Gasteiger partial charge in [0.05, 0.1) is 0 Å². The normalized spacial score (nSPS) is 9.11. The van der Waals surface area contributed by atoms with Crippen molar-refractivity contribution in [1.82, 2.24) is 0 Å². The lowest BCUT2D eigenvalue weighted by Gasteiger charge is -1.77. The number of hydrogen-bond donors (Lipinski definition) is 1. The Morgan fingerprint density at radius 1 is 1.56 bits per heavy atom. The second kappa shape index (κ2) is 7.26. The third-order valence-electron chi connectivity index (χ3n) is 0.776. The highest BCUT2D eigenvalue weighted by atomic mass is 16.2. The molecule has 0 bridgehead atoms. The maximum absolute atomic E-state index is 8.32. The highest BCUT2D eigenvalue weighted by Gasteiger charge is 1.68. The highest BCUT2D eigenvalue weighted by Crippen LogP contribution is 1.78. The van der Waals surface area contributed by atoms with E-state index in [9.17, 15) is 0 Å². The first-order valence-corrected chi connectivity index (χ1v) is 3.16. The third-order valence-corrected chi connectivity index (χ3v) is 0.776. The first-order valence-electron chi connectivity index (χ1n) is 3.16. The highest BCUT2D eigenvalue weighted by molar-refractivity contribution is 5.14. The Balaban J connectivity index is 3.23. The Morgan fingerprint density at radius 2 is 2.33 bits per heavy atom. The predicted molar refractivity (Wildman–Crippen MR) is 38.9 cm³/mol. The van der Waals surface area contributed by atoms with E-state index in [-0.39, 0.29) is 6.61 Å². The summed E-state index contributed by atoms with van der Waals surface area (Å²) in [5, 5.41) is 8.32. The summed E-state index contributed by atoms with van der Waals surface area (Å²) >= 11 is 0. The quantitative estimate of drug-likeness (QED) is 0.551. The molecule has 0 radical (unpaired) electrons. The molecular formula is C8H12O. The molecule has 0 amide bonds. The predicted octanol–water partition coefficient (Wildman–Crippen LogP) is 1.34. The lowest BCUT2D eigenvalue weighted by molar-refractivity contribution is 0.302. The van der Waals surface area contributed by atoms with Crippen molar-refractivity contribution >= 4 is 0 Å². The van der Waals surface area contributed by atoms with Crippen molar-refractivity contribution in [2.75, 3.05) is 6.61 Å². The summed E-state index contributed by atoms with van der Waals surface area (Å²) in [5.41, 5.74) is 0. The zero-order chi connectivity index (χ0) is 6.95. The first kappa shape index (κ1) is 8.26. The summed E-state index contributed by atoms with van der Waals surface area (Å²) in [6.07, 6.45) is 5.24. The fourth-order valence-electron chi connectivity index (χ4n) is 0.378. The minimum absolute atomic E-state index is 0.213. The zero-order valence-corrected chi connectivity index (χ0v) is 5.72. The Kier molecular flexibility index (Phi) is 6.66. The largest absolute Gasteiger partial charge is 0.396 e. The summed E-state index contributed by atoms with van der Waals surface area (Å²) in [6.45, 7) is 2.22. The van der Waals surface area contributed by atoms with Crippen molar-refractivity contribution in [2.24, 2.45) is 0 Å². The van der Waals surface area contributed by atoms with Crippen LogP contribution in [0.4, 0.5) is 0 Å². The van der Waals surface area contributed by atoms with E-state index >= 15 is 0 Å². The van der Waals surface area contributed by atoms with Crippen LogP contribution in [0.5, 0.6) is 0 Å². The van der Waals surface area contributed by atoms with Crippen LogP contribution in [-0.2, 0) is 0 Å². The molecule has 0 aromatic carbocycles. The summed E-state index contributed by atoms with van der Waals surface area (Å²) in [7, 11) is 0. The van der Waals surface area contributed by atoms with Gasteiger partial charge >= 0.3 is 0 Å². The molecule has 0 aromatic heterocycles. The van der Waals surface area contributed by atoms with Crippen molar-refractivity contribution in [2.45, 2.75) is 19.8 Å². The van der Waals surface area contributed by atoms with Gasteiger partial charge in [-0.2, -0.15) is 0 Å². The average molecular weight is 124 g/mol. The van der Waals surface area contributed by atoms with Crippen LogP contribution in [0.15, 0.2) is 12.2 Å². The van der Waals surface area contributed by atoms with Gasteiger partial charge in [0.25, 0.3) is 0 Å². The van der Waals surface area contributed by atoms with Gasteiger partial charge in [-0.3, -0.25) is 0 Å². The molecule has 1 heteroatoms. The van der Waals surface area contributed by atoms with Crippen molar-refractivity contribution in [3.8, 4) is 11.8 Å². The maximum atomic E-state index is 8.32. The molecule has 0 saturated heterocycles. The van der Waals surface area contributed by atoms with Crippen LogP contribution in [0.2, 0.25) is 0 Å². The Labute approximate surface area is 56.4 Å². The van der Waals surface area contributed by atoms with E-state index < -0.39 is 0 Å². The van der Waals surface area contributed by atoms with Crippen LogP contribution >= 0.6 is 0 Å². The van der Waals surface area contributed by atoms with Crippen LogP contribution in [0, 0.1) is 11.8 Å².